The number of rotatable bonds is 4. The Kier molecular flexibility index (Phi) is 4.06. The van der Waals surface area contributed by atoms with E-state index >= 15 is 0 Å². The number of benzene rings is 1. The van der Waals surface area contributed by atoms with E-state index in [1.54, 1.807) is 23.7 Å². The highest BCUT2D eigenvalue weighted by Crippen LogP contribution is 2.41. The van der Waals surface area contributed by atoms with E-state index in [-0.39, 0.29) is 0 Å². The second kappa shape index (κ2) is 6.04. The van der Waals surface area contributed by atoms with Crippen LogP contribution in [0.5, 0.6) is 11.5 Å². The summed E-state index contributed by atoms with van der Waals surface area (Å²) in [7, 11) is 3.01. The average molecular weight is 350 g/mol. The average Bonchev–Trinajstić information content (AvgIpc) is 3.00. The van der Waals surface area contributed by atoms with Crippen molar-refractivity contribution < 1.29 is 14.3 Å². The summed E-state index contributed by atoms with van der Waals surface area (Å²) in [6.07, 6.45) is 1.40. The van der Waals surface area contributed by atoms with E-state index in [2.05, 4.69) is 15.4 Å². The molecule has 0 saturated heterocycles. The van der Waals surface area contributed by atoms with Crippen molar-refractivity contribution in [2.24, 2.45) is 5.73 Å². The van der Waals surface area contributed by atoms with E-state index in [4.69, 9.17) is 26.8 Å². The molecule has 1 aromatic heterocycles. The van der Waals surface area contributed by atoms with Crippen molar-refractivity contribution in [2.45, 2.75) is 13.0 Å². The van der Waals surface area contributed by atoms with E-state index < -0.39 is 11.9 Å². The van der Waals surface area contributed by atoms with Gasteiger partial charge in [0.05, 0.1) is 24.8 Å². The minimum absolute atomic E-state index is 0.355. The number of amides is 1. The molecule has 1 amide bonds. The maximum Gasteiger partial charge on any atom is 0.248 e. The topological polar surface area (TPSA) is 104 Å². The molecule has 3 N–H and O–H groups in total. The second-order valence-corrected chi connectivity index (χ2v) is 5.60. The Morgan fingerprint density at radius 2 is 2.12 bits per heavy atom. The molecule has 1 aliphatic rings. The van der Waals surface area contributed by atoms with Crippen LogP contribution in [0.1, 0.15) is 18.5 Å². The Morgan fingerprint density at radius 3 is 2.75 bits per heavy atom. The third kappa shape index (κ3) is 2.44. The summed E-state index contributed by atoms with van der Waals surface area (Å²) in [4.78, 5) is 16.2. The van der Waals surface area contributed by atoms with Crippen LogP contribution in [0.4, 0.5) is 5.95 Å². The lowest BCUT2D eigenvalue weighted by Gasteiger charge is -2.28. The summed E-state index contributed by atoms with van der Waals surface area (Å²) in [5.41, 5.74) is 7.25. The summed E-state index contributed by atoms with van der Waals surface area (Å²) in [5, 5.41) is 7.57. The minimum Gasteiger partial charge on any atom is -0.493 e. The van der Waals surface area contributed by atoms with Gasteiger partial charge in [0.25, 0.3) is 0 Å². The van der Waals surface area contributed by atoms with Gasteiger partial charge in [-0.1, -0.05) is 11.6 Å². The number of ether oxygens (including phenoxy) is 2. The van der Waals surface area contributed by atoms with Gasteiger partial charge in [-0.25, -0.2) is 4.68 Å². The number of carbonyl (C=O) groups excluding carboxylic acids is 1. The summed E-state index contributed by atoms with van der Waals surface area (Å²) in [6.45, 7) is 1.76. The lowest BCUT2D eigenvalue weighted by atomic mass is 9.95. The maximum atomic E-state index is 12.0. The highest BCUT2D eigenvalue weighted by molar-refractivity contribution is 6.32. The Hall–Kier alpha value is -2.74. The van der Waals surface area contributed by atoms with Gasteiger partial charge in [-0.15, -0.1) is 0 Å². The molecule has 0 aliphatic carbocycles. The summed E-state index contributed by atoms with van der Waals surface area (Å²) in [6, 6.07) is 2.86. The number of hydrogen-bond donors (Lipinski definition) is 2. The third-order valence-electron chi connectivity index (χ3n) is 3.83. The van der Waals surface area contributed by atoms with E-state index in [9.17, 15) is 4.79 Å². The minimum atomic E-state index is -0.571. The molecule has 0 bridgehead atoms. The fourth-order valence-electron chi connectivity index (χ4n) is 2.81. The van der Waals surface area contributed by atoms with Crippen LogP contribution in [0.15, 0.2) is 29.7 Å². The van der Waals surface area contributed by atoms with Gasteiger partial charge in [-0.05, 0) is 24.6 Å². The first-order valence-electron chi connectivity index (χ1n) is 7.06. The molecular formula is C15H16ClN5O3. The fourth-order valence-corrected chi connectivity index (χ4v) is 3.11. The number of anilines is 1. The van der Waals surface area contributed by atoms with Gasteiger partial charge in [-0.2, -0.15) is 10.1 Å². The number of aromatic nitrogens is 3. The van der Waals surface area contributed by atoms with Crippen LogP contribution in [0, 0.1) is 0 Å². The van der Waals surface area contributed by atoms with E-state index in [1.165, 1.54) is 20.5 Å². The Balaban J connectivity index is 2.24. The highest BCUT2D eigenvalue weighted by atomic mass is 35.5. The molecule has 3 rings (SSSR count). The number of nitrogens with two attached hydrogens (primary N) is 1. The van der Waals surface area contributed by atoms with Crippen LogP contribution in [-0.2, 0) is 4.79 Å². The summed E-state index contributed by atoms with van der Waals surface area (Å²) in [5.74, 6) is 0.809. The van der Waals surface area contributed by atoms with E-state index in [0.717, 1.165) is 0 Å². The monoisotopic (exact) mass is 349 g/mol. The Labute approximate surface area is 143 Å². The maximum absolute atomic E-state index is 12.0. The fraction of sp³-hybridized carbons (Fsp3) is 0.267. The van der Waals surface area contributed by atoms with Crippen molar-refractivity contribution in [3.05, 3.63) is 40.3 Å². The van der Waals surface area contributed by atoms with Crippen LogP contribution in [0.25, 0.3) is 0 Å². The van der Waals surface area contributed by atoms with Gasteiger partial charge < -0.3 is 20.5 Å². The molecule has 1 unspecified atom stereocenters. The number of nitrogens with zero attached hydrogens (tertiary/aromatic N) is 3. The van der Waals surface area contributed by atoms with Gasteiger partial charge in [0, 0.05) is 5.70 Å². The second-order valence-electron chi connectivity index (χ2n) is 5.20. The first-order chi connectivity index (χ1) is 11.5. The number of fused-ring (bicyclic) bond motifs is 1. The van der Waals surface area contributed by atoms with Gasteiger partial charge >= 0.3 is 0 Å². The number of carbonyl (C=O) groups is 1. The molecule has 1 atom stereocenters. The molecular weight excluding hydrogens is 334 g/mol. The van der Waals surface area contributed by atoms with Crippen molar-refractivity contribution in [3.63, 3.8) is 0 Å². The quantitative estimate of drug-likeness (QED) is 0.871. The number of halogens is 1. The summed E-state index contributed by atoms with van der Waals surface area (Å²) >= 11 is 6.30. The van der Waals surface area contributed by atoms with Crippen molar-refractivity contribution >= 4 is 23.5 Å². The molecule has 2 heterocycles. The molecule has 1 aliphatic heterocycles. The van der Waals surface area contributed by atoms with Crippen molar-refractivity contribution in [1.29, 1.82) is 0 Å². The van der Waals surface area contributed by atoms with Gasteiger partial charge in [-0.3, -0.25) is 4.79 Å². The SMILES string of the molecule is COc1cc(C2C(C(N)=O)=C(C)Nc3ncnn32)cc(Cl)c1OC. The zero-order chi connectivity index (χ0) is 17.4. The number of nitrogens with one attached hydrogen (secondary N) is 1. The number of primary amides is 1. The van der Waals surface area contributed by atoms with Crippen molar-refractivity contribution in [3.8, 4) is 11.5 Å². The predicted molar refractivity (Wildman–Crippen MR) is 88.2 cm³/mol. The third-order valence-corrected chi connectivity index (χ3v) is 4.11. The molecule has 0 radical (unpaired) electrons. The zero-order valence-electron chi connectivity index (χ0n) is 13.3. The van der Waals surface area contributed by atoms with Crippen molar-refractivity contribution in [2.75, 3.05) is 19.5 Å². The normalized spacial score (nSPS) is 16.4. The van der Waals surface area contributed by atoms with Gasteiger partial charge in [0.15, 0.2) is 11.5 Å². The van der Waals surface area contributed by atoms with Gasteiger partial charge in [0.1, 0.15) is 12.4 Å². The molecule has 0 saturated carbocycles. The van der Waals surface area contributed by atoms with Crippen LogP contribution in [0.3, 0.4) is 0 Å². The van der Waals surface area contributed by atoms with Crippen molar-refractivity contribution in [1.82, 2.24) is 14.8 Å². The molecule has 0 fully saturated rings. The van der Waals surface area contributed by atoms with Crippen LogP contribution >= 0.6 is 11.6 Å². The smallest absolute Gasteiger partial charge is 0.248 e. The molecule has 1 aromatic carbocycles. The molecule has 9 heteroatoms. The van der Waals surface area contributed by atoms with E-state index in [0.29, 0.717) is 39.3 Å². The number of allylic oxidation sites excluding steroid dienone is 1. The number of hydrogen-bond acceptors (Lipinski definition) is 6. The predicted octanol–water partition coefficient (Wildman–Crippen LogP) is 1.72. The first-order valence-corrected chi connectivity index (χ1v) is 7.44. The Morgan fingerprint density at radius 1 is 1.38 bits per heavy atom. The summed E-state index contributed by atoms with van der Waals surface area (Å²) < 4.78 is 12.2. The number of methoxy groups -OCH3 is 2. The Bertz CT molecular complexity index is 846. The van der Waals surface area contributed by atoms with Crippen LogP contribution in [0.2, 0.25) is 5.02 Å². The molecule has 126 valence electrons. The highest BCUT2D eigenvalue weighted by Gasteiger charge is 2.33. The van der Waals surface area contributed by atoms with E-state index in [1.807, 2.05) is 0 Å². The largest absolute Gasteiger partial charge is 0.493 e. The van der Waals surface area contributed by atoms with Gasteiger partial charge in [0.2, 0.25) is 11.9 Å². The molecule has 8 nitrogen and oxygen atoms in total. The molecule has 0 spiro atoms. The van der Waals surface area contributed by atoms with Crippen LogP contribution < -0.4 is 20.5 Å². The zero-order valence-corrected chi connectivity index (χ0v) is 14.1. The molecule has 24 heavy (non-hydrogen) atoms. The lowest BCUT2D eigenvalue weighted by molar-refractivity contribution is -0.115. The first kappa shape index (κ1) is 16.1. The van der Waals surface area contributed by atoms with Crippen LogP contribution in [-0.4, -0.2) is 34.9 Å². The standard InChI is InChI=1S/C15H16ClN5O3/c1-7-11(14(17)22)12(21-15(20-7)18-6-19-21)8-4-9(16)13(24-3)10(5-8)23-2/h4-6,12H,1-3H3,(H2,17,22)(H,18,19,20). The lowest BCUT2D eigenvalue weighted by Crippen LogP contribution is -2.31. The molecule has 2 aromatic rings.